The Morgan fingerprint density at radius 2 is 2.11 bits per heavy atom. The zero-order valence-corrected chi connectivity index (χ0v) is 10.6. The highest BCUT2D eigenvalue weighted by Gasteiger charge is 2.12. The Kier molecular flexibility index (Phi) is 2.79. The molecular formula is C12H11FN4S. The second-order valence-corrected chi connectivity index (χ2v) is 4.97. The van der Waals surface area contributed by atoms with Gasteiger partial charge in [0.15, 0.2) is 5.82 Å². The summed E-state index contributed by atoms with van der Waals surface area (Å²) in [5.74, 6) is 0.450. The monoisotopic (exact) mass is 262 g/mol. The molecule has 92 valence electrons. The van der Waals surface area contributed by atoms with E-state index in [1.165, 1.54) is 17.4 Å². The van der Waals surface area contributed by atoms with Crippen molar-refractivity contribution in [2.24, 2.45) is 0 Å². The molecule has 0 atom stereocenters. The van der Waals surface area contributed by atoms with E-state index in [0.29, 0.717) is 17.8 Å². The first-order chi connectivity index (χ1) is 8.78. The Morgan fingerprint density at radius 1 is 1.28 bits per heavy atom. The highest BCUT2D eigenvalue weighted by atomic mass is 32.1. The first-order valence-electron chi connectivity index (χ1n) is 5.71. The van der Waals surface area contributed by atoms with Crippen LogP contribution in [0, 0.1) is 5.82 Å². The minimum Gasteiger partial charge on any atom is -0.207 e. The minimum atomic E-state index is -0.222. The van der Waals surface area contributed by atoms with Gasteiger partial charge in [-0.05, 0) is 18.1 Å². The van der Waals surface area contributed by atoms with Crippen molar-refractivity contribution >= 4 is 16.3 Å². The van der Waals surface area contributed by atoms with Crippen LogP contribution in [0.4, 0.5) is 4.39 Å². The van der Waals surface area contributed by atoms with Gasteiger partial charge in [0.05, 0.1) is 0 Å². The van der Waals surface area contributed by atoms with Crippen LogP contribution in [-0.4, -0.2) is 19.8 Å². The summed E-state index contributed by atoms with van der Waals surface area (Å²) in [6, 6.07) is 6.70. The fraction of sp³-hybridized carbons (Fsp3) is 0.250. The molecule has 0 spiro atoms. The van der Waals surface area contributed by atoms with Crippen LogP contribution in [0.2, 0.25) is 0 Å². The molecule has 0 saturated heterocycles. The van der Waals surface area contributed by atoms with Gasteiger partial charge in [0.25, 0.3) is 0 Å². The maximum absolute atomic E-state index is 13.6. The summed E-state index contributed by atoms with van der Waals surface area (Å²) in [4.78, 5) is 0.762. The first-order valence-corrected chi connectivity index (χ1v) is 6.53. The smallest absolute Gasteiger partial charge is 0.207 e. The highest BCUT2D eigenvalue weighted by molar-refractivity contribution is 7.16. The number of fused-ring (bicyclic) bond motifs is 1. The van der Waals surface area contributed by atoms with Gasteiger partial charge in [0, 0.05) is 6.42 Å². The van der Waals surface area contributed by atoms with E-state index in [4.69, 9.17) is 0 Å². The molecule has 2 heterocycles. The fourth-order valence-corrected chi connectivity index (χ4v) is 2.55. The third kappa shape index (κ3) is 1.88. The second kappa shape index (κ2) is 4.45. The molecule has 0 unspecified atom stereocenters. The van der Waals surface area contributed by atoms with Crippen LogP contribution in [0.15, 0.2) is 24.3 Å². The quantitative estimate of drug-likeness (QED) is 0.728. The Balaban J connectivity index is 2.00. The summed E-state index contributed by atoms with van der Waals surface area (Å²) in [6.07, 6.45) is 1.27. The Labute approximate surface area is 107 Å². The van der Waals surface area contributed by atoms with E-state index in [9.17, 15) is 4.39 Å². The number of rotatable bonds is 3. The number of aromatic nitrogens is 4. The van der Waals surface area contributed by atoms with Crippen molar-refractivity contribution in [3.63, 3.8) is 0 Å². The zero-order chi connectivity index (χ0) is 12.5. The molecule has 0 radical (unpaired) electrons. The second-order valence-electron chi connectivity index (χ2n) is 3.93. The predicted molar refractivity (Wildman–Crippen MR) is 67.2 cm³/mol. The van der Waals surface area contributed by atoms with Gasteiger partial charge in [0.2, 0.25) is 4.96 Å². The Hall–Kier alpha value is -1.82. The summed E-state index contributed by atoms with van der Waals surface area (Å²) in [6.45, 7) is 2.04. The van der Waals surface area contributed by atoms with E-state index in [2.05, 4.69) is 15.3 Å². The number of halogens is 1. The summed E-state index contributed by atoms with van der Waals surface area (Å²) in [5.41, 5.74) is 0.609. The third-order valence-electron chi connectivity index (χ3n) is 2.71. The molecule has 0 N–H and O–H groups in total. The molecule has 3 rings (SSSR count). The molecule has 0 fully saturated rings. The summed E-state index contributed by atoms with van der Waals surface area (Å²) < 4.78 is 15.3. The van der Waals surface area contributed by atoms with E-state index >= 15 is 0 Å². The van der Waals surface area contributed by atoms with Gasteiger partial charge in [-0.1, -0.05) is 36.5 Å². The lowest BCUT2D eigenvalue weighted by Crippen LogP contribution is -2.00. The van der Waals surface area contributed by atoms with Crippen molar-refractivity contribution in [3.05, 3.63) is 46.5 Å². The Morgan fingerprint density at radius 3 is 2.89 bits per heavy atom. The van der Waals surface area contributed by atoms with Crippen molar-refractivity contribution in [3.8, 4) is 0 Å². The molecule has 6 heteroatoms. The van der Waals surface area contributed by atoms with Crippen molar-refractivity contribution in [2.75, 3.05) is 0 Å². The molecule has 4 nitrogen and oxygen atoms in total. The first kappa shape index (κ1) is 11.3. The van der Waals surface area contributed by atoms with E-state index < -0.39 is 0 Å². The van der Waals surface area contributed by atoms with Gasteiger partial charge in [-0.15, -0.1) is 10.2 Å². The molecular weight excluding hydrogens is 251 g/mol. The third-order valence-corrected chi connectivity index (χ3v) is 3.75. The lowest BCUT2D eigenvalue weighted by atomic mass is 10.1. The number of hydrogen-bond donors (Lipinski definition) is 0. The predicted octanol–water partition coefficient (Wildman–Crippen LogP) is 2.48. The van der Waals surface area contributed by atoms with E-state index in [1.54, 1.807) is 16.6 Å². The molecule has 3 aromatic rings. The molecule has 0 amide bonds. The highest BCUT2D eigenvalue weighted by Crippen LogP contribution is 2.17. The van der Waals surface area contributed by atoms with Gasteiger partial charge in [-0.25, -0.2) is 4.39 Å². The van der Waals surface area contributed by atoms with Crippen molar-refractivity contribution < 1.29 is 4.39 Å². The summed E-state index contributed by atoms with van der Waals surface area (Å²) >= 11 is 1.52. The van der Waals surface area contributed by atoms with Gasteiger partial charge < -0.3 is 0 Å². The lowest BCUT2D eigenvalue weighted by molar-refractivity contribution is 0.611. The summed E-state index contributed by atoms with van der Waals surface area (Å²) in [7, 11) is 0. The number of benzene rings is 1. The topological polar surface area (TPSA) is 43.1 Å². The van der Waals surface area contributed by atoms with Crippen LogP contribution in [0.1, 0.15) is 23.3 Å². The SMILES string of the molecule is CCc1nn2c(Cc3ccccc3F)nnc2s1. The molecule has 0 saturated carbocycles. The molecule has 1 aromatic carbocycles. The van der Waals surface area contributed by atoms with Crippen LogP contribution in [-0.2, 0) is 12.8 Å². The zero-order valence-electron chi connectivity index (χ0n) is 9.80. The van der Waals surface area contributed by atoms with Crippen LogP contribution < -0.4 is 0 Å². The van der Waals surface area contributed by atoms with Crippen molar-refractivity contribution in [2.45, 2.75) is 19.8 Å². The lowest BCUT2D eigenvalue weighted by Gasteiger charge is -1.99. The van der Waals surface area contributed by atoms with Gasteiger partial charge in [-0.2, -0.15) is 9.61 Å². The number of aryl methyl sites for hydroxylation is 1. The van der Waals surface area contributed by atoms with E-state index in [-0.39, 0.29) is 5.82 Å². The average Bonchev–Trinajstić information content (AvgIpc) is 2.93. The maximum atomic E-state index is 13.6. The molecule has 18 heavy (non-hydrogen) atoms. The van der Waals surface area contributed by atoms with Gasteiger partial charge >= 0.3 is 0 Å². The average molecular weight is 262 g/mol. The fourth-order valence-electron chi connectivity index (χ4n) is 1.76. The minimum absolute atomic E-state index is 0.222. The molecule has 0 aliphatic rings. The van der Waals surface area contributed by atoms with E-state index in [1.807, 2.05) is 13.0 Å². The van der Waals surface area contributed by atoms with E-state index in [0.717, 1.165) is 16.4 Å². The number of nitrogens with zero attached hydrogens (tertiary/aromatic N) is 4. The molecule has 2 aromatic heterocycles. The standard InChI is InChI=1S/C12H11FN4S/c1-2-11-16-17-10(14-15-12(17)18-11)7-8-5-3-4-6-9(8)13/h3-6H,2,7H2,1H3. The normalized spacial score (nSPS) is 11.2. The summed E-state index contributed by atoms with van der Waals surface area (Å²) in [5, 5.41) is 13.5. The molecule has 0 aliphatic carbocycles. The van der Waals surface area contributed by atoms with Gasteiger partial charge in [0.1, 0.15) is 10.8 Å². The van der Waals surface area contributed by atoms with Crippen LogP contribution in [0.3, 0.4) is 0 Å². The van der Waals surface area contributed by atoms with Crippen LogP contribution >= 0.6 is 11.3 Å². The maximum Gasteiger partial charge on any atom is 0.234 e. The van der Waals surface area contributed by atoms with Crippen LogP contribution in [0.5, 0.6) is 0 Å². The Bertz CT molecular complexity index is 688. The molecule has 0 bridgehead atoms. The largest absolute Gasteiger partial charge is 0.234 e. The van der Waals surface area contributed by atoms with Crippen molar-refractivity contribution in [1.82, 2.24) is 19.8 Å². The van der Waals surface area contributed by atoms with Gasteiger partial charge in [-0.3, -0.25) is 0 Å². The number of hydrogen-bond acceptors (Lipinski definition) is 4. The molecule has 0 aliphatic heterocycles. The van der Waals surface area contributed by atoms with Crippen LogP contribution in [0.25, 0.3) is 4.96 Å². The van der Waals surface area contributed by atoms with Crippen molar-refractivity contribution in [1.29, 1.82) is 0 Å².